The molecule has 0 spiro atoms. The molecule has 43 heavy (non-hydrogen) atoms. The second-order valence-electron chi connectivity index (χ2n) is 9.91. The summed E-state index contributed by atoms with van der Waals surface area (Å²) in [4.78, 5) is 19.5. The monoisotopic (exact) mass is 647 g/mol. The Morgan fingerprint density at radius 3 is 1.86 bits per heavy atom. The van der Waals surface area contributed by atoms with Gasteiger partial charge in [-0.15, -0.1) is 0 Å². The zero-order valence-corrected chi connectivity index (χ0v) is 25.5. The number of rotatable bonds is 7. The van der Waals surface area contributed by atoms with Crippen LogP contribution in [-0.2, 0) is 10.0 Å². The van der Waals surface area contributed by atoms with Crippen molar-refractivity contribution in [1.82, 2.24) is 9.55 Å². The average Bonchev–Trinajstić information content (AvgIpc) is 3.42. The van der Waals surface area contributed by atoms with E-state index in [1.54, 1.807) is 72.8 Å². The quantitative estimate of drug-likeness (QED) is 0.174. The van der Waals surface area contributed by atoms with E-state index in [1.807, 2.05) is 73.7 Å². The Bertz CT molecular complexity index is 1990. The molecule has 1 heterocycles. The van der Waals surface area contributed by atoms with Crippen molar-refractivity contribution >= 4 is 43.4 Å². The van der Waals surface area contributed by atoms with E-state index < -0.39 is 10.0 Å². The summed E-state index contributed by atoms with van der Waals surface area (Å²) in [6, 6.07) is 41.1. The Kier molecular flexibility index (Phi) is 7.80. The summed E-state index contributed by atoms with van der Waals surface area (Å²) in [7, 11) is -4.21. The minimum atomic E-state index is -4.21. The van der Waals surface area contributed by atoms with Crippen LogP contribution in [0.5, 0.6) is 0 Å². The Labute approximate surface area is 259 Å². The van der Waals surface area contributed by atoms with Crippen LogP contribution in [-0.4, -0.2) is 23.9 Å². The van der Waals surface area contributed by atoms with Gasteiger partial charge in [-0.3, -0.25) is 9.36 Å². The van der Waals surface area contributed by atoms with E-state index in [0.717, 1.165) is 10.0 Å². The molecule has 8 heteroatoms. The molecular weight excluding hydrogens is 622 g/mol. The number of para-hydroxylation sites is 1. The molecule has 0 bridgehead atoms. The first kappa shape index (κ1) is 28.3. The van der Waals surface area contributed by atoms with Crippen molar-refractivity contribution in [3.05, 3.63) is 155 Å². The molecule has 0 saturated carbocycles. The number of nitrogens with zero attached hydrogens (tertiary/aromatic N) is 3. The van der Waals surface area contributed by atoms with E-state index in [1.165, 1.54) is 8.87 Å². The summed E-state index contributed by atoms with van der Waals surface area (Å²) in [5.41, 5.74) is 3.54. The molecule has 0 atom stereocenters. The van der Waals surface area contributed by atoms with E-state index in [-0.39, 0.29) is 16.6 Å². The van der Waals surface area contributed by atoms with Crippen LogP contribution < -0.4 is 4.31 Å². The number of sulfonamides is 1. The predicted molar refractivity (Wildman–Crippen MR) is 174 cm³/mol. The number of aromatic nitrogens is 2. The summed E-state index contributed by atoms with van der Waals surface area (Å²) < 4.78 is 32.6. The van der Waals surface area contributed by atoms with Crippen molar-refractivity contribution in [2.24, 2.45) is 0 Å². The number of anilines is 2. The van der Waals surface area contributed by atoms with Crippen LogP contribution in [0.4, 0.5) is 11.5 Å². The van der Waals surface area contributed by atoms with E-state index in [9.17, 15) is 13.2 Å². The highest BCUT2D eigenvalue weighted by Crippen LogP contribution is 2.42. The summed E-state index contributed by atoms with van der Waals surface area (Å²) in [5, 5.41) is 0. The van der Waals surface area contributed by atoms with Crippen LogP contribution in [0.2, 0.25) is 0 Å². The third-order valence-corrected chi connectivity index (χ3v) is 9.24. The molecule has 0 aliphatic rings. The zero-order valence-electron chi connectivity index (χ0n) is 23.1. The number of aryl methyl sites for hydroxylation is 1. The lowest BCUT2D eigenvalue weighted by Gasteiger charge is -2.24. The van der Waals surface area contributed by atoms with Crippen LogP contribution in [0, 0.1) is 6.92 Å². The van der Waals surface area contributed by atoms with Gasteiger partial charge < -0.3 is 0 Å². The van der Waals surface area contributed by atoms with Gasteiger partial charge in [0, 0.05) is 21.2 Å². The molecule has 6 aromatic rings. The van der Waals surface area contributed by atoms with Crippen molar-refractivity contribution < 1.29 is 13.2 Å². The third kappa shape index (κ3) is 5.55. The second-order valence-corrected chi connectivity index (χ2v) is 12.6. The first-order chi connectivity index (χ1) is 20.8. The van der Waals surface area contributed by atoms with Crippen molar-refractivity contribution in [3.8, 4) is 22.6 Å². The van der Waals surface area contributed by atoms with Crippen LogP contribution in [0.3, 0.4) is 0 Å². The van der Waals surface area contributed by atoms with Crippen molar-refractivity contribution in [2.45, 2.75) is 11.8 Å². The fraction of sp³-hybridized carbons (Fsp3) is 0.0286. The highest BCUT2D eigenvalue weighted by atomic mass is 79.9. The first-order valence-corrected chi connectivity index (χ1v) is 15.8. The highest BCUT2D eigenvalue weighted by Gasteiger charge is 2.35. The highest BCUT2D eigenvalue weighted by molar-refractivity contribution is 9.10. The lowest BCUT2D eigenvalue weighted by molar-refractivity contribution is 0.0963. The maximum Gasteiger partial charge on any atom is 0.269 e. The molecule has 0 saturated heterocycles. The lowest BCUT2D eigenvalue weighted by Crippen LogP contribution is -2.27. The van der Waals surface area contributed by atoms with Gasteiger partial charge in [0.25, 0.3) is 15.9 Å². The molecule has 0 unspecified atom stereocenters. The molecule has 1 aromatic heterocycles. The van der Waals surface area contributed by atoms with Gasteiger partial charge in [0.1, 0.15) is 11.5 Å². The van der Waals surface area contributed by atoms with E-state index in [4.69, 9.17) is 4.98 Å². The molecular formula is C35H26BrN3O3S. The van der Waals surface area contributed by atoms with Crippen LogP contribution in [0.25, 0.3) is 22.6 Å². The van der Waals surface area contributed by atoms with Gasteiger partial charge in [-0.2, -0.15) is 0 Å². The molecule has 0 amide bonds. The van der Waals surface area contributed by atoms with Gasteiger partial charge in [-0.25, -0.2) is 17.7 Å². The number of halogens is 1. The topological polar surface area (TPSA) is 72.3 Å². The molecule has 0 aliphatic carbocycles. The van der Waals surface area contributed by atoms with Crippen LogP contribution in [0.15, 0.2) is 149 Å². The second kappa shape index (κ2) is 11.8. The SMILES string of the molecule is Cc1ccc(-c2nc(N(c3ccccc3)S(=O)(=O)c3ccc(Br)cc3)c(-c3ccccc3)n2C(=O)c2ccccc2)cc1. The Hall–Kier alpha value is -4.79. The van der Waals surface area contributed by atoms with Gasteiger partial charge in [0.05, 0.1) is 10.6 Å². The van der Waals surface area contributed by atoms with Gasteiger partial charge in [-0.05, 0) is 55.5 Å². The van der Waals surface area contributed by atoms with Crippen molar-refractivity contribution in [3.63, 3.8) is 0 Å². The molecule has 0 aliphatic heterocycles. The van der Waals surface area contributed by atoms with E-state index >= 15 is 0 Å². The normalized spacial score (nSPS) is 11.3. The number of benzene rings is 5. The molecule has 6 nitrogen and oxygen atoms in total. The smallest absolute Gasteiger partial charge is 0.268 e. The number of hydrogen-bond donors (Lipinski definition) is 0. The Balaban J connectivity index is 1.73. The van der Waals surface area contributed by atoms with Crippen LogP contribution in [0.1, 0.15) is 15.9 Å². The molecule has 212 valence electrons. The number of hydrogen-bond acceptors (Lipinski definition) is 4. The summed E-state index contributed by atoms with van der Waals surface area (Å²) in [5.74, 6) is 0.109. The standard InChI is InChI=1S/C35H26BrN3O3S/c1-25-17-19-27(20-18-25)33-37-34(32(26-11-5-2-6-12-26)38(33)35(40)28-13-7-3-8-14-28)39(30-15-9-4-10-16-30)43(41,42)31-23-21-29(36)22-24-31/h2-24H,1H3. The fourth-order valence-corrected chi connectivity index (χ4v) is 6.57. The molecule has 5 aromatic carbocycles. The van der Waals surface area contributed by atoms with Crippen molar-refractivity contribution in [1.29, 1.82) is 0 Å². The van der Waals surface area contributed by atoms with Crippen molar-refractivity contribution in [2.75, 3.05) is 4.31 Å². The number of carbonyl (C=O) groups is 1. The zero-order chi connectivity index (χ0) is 30.0. The van der Waals surface area contributed by atoms with Gasteiger partial charge in [0.2, 0.25) is 0 Å². The maximum absolute atomic E-state index is 14.5. The average molecular weight is 649 g/mol. The molecule has 0 radical (unpaired) electrons. The summed E-state index contributed by atoms with van der Waals surface area (Å²) in [6.07, 6.45) is 0. The Morgan fingerprint density at radius 2 is 1.26 bits per heavy atom. The minimum absolute atomic E-state index is 0.0828. The minimum Gasteiger partial charge on any atom is -0.268 e. The third-order valence-electron chi connectivity index (χ3n) is 6.97. The number of imidazole rings is 1. The maximum atomic E-state index is 14.5. The fourth-order valence-electron chi connectivity index (χ4n) is 4.86. The largest absolute Gasteiger partial charge is 0.269 e. The molecule has 0 N–H and O–H groups in total. The van der Waals surface area contributed by atoms with E-state index in [0.29, 0.717) is 33.9 Å². The lowest BCUT2D eigenvalue weighted by atomic mass is 10.1. The van der Waals surface area contributed by atoms with Gasteiger partial charge in [-0.1, -0.05) is 112 Å². The summed E-state index contributed by atoms with van der Waals surface area (Å²) in [6.45, 7) is 1.98. The van der Waals surface area contributed by atoms with Gasteiger partial charge >= 0.3 is 0 Å². The number of carbonyl (C=O) groups excluding carboxylic acids is 1. The summed E-state index contributed by atoms with van der Waals surface area (Å²) >= 11 is 3.40. The van der Waals surface area contributed by atoms with Crippen LogP contribution >= 0.6 is 15.9 Å². The first-order valence-electron chi connectivity index (χ1n) is 13.6. The molecule has 0 fully saturated rings. The van der Waals surface area contributed by atoms with Gasteiger partial charge in [0.15, 0.2) is 5.82 Å². The predicted octanol–water partition coefficient (Wildman–Crippen LogP) is 8.50. The Morgan fingerprint density at radius 1 is 0.698 bits per heavy atom. The molecule has 6 rings (SSSR count). The van der Waals surface area contributed by atoms with E-state index in [2.05, 4.69) is 15.9 Å².